The molecule has 0 spiro atoms. The van der Waals surface area contributed by atoms with E-state index >= 15 is 0 Å². The van der Waals surface area contributed by atoms with Crippen LogP contribution in [0, 0.1) is 0 Å². The first-order chi connectivity index (χ1) is 6.43. The van der Waals surface area contributed by atoms with Crippen molar-refractivity contribution in [3.63, 3.8) is 0 Å². The molecule has 3 heteroatoms. The topological polar surface area (TPSA) is 30.5 Å². The zero-order valence-electron chi connectivity index (χ0n) is 6.94. The van der Waals surface area contributed by atoms with Crippen LogP contribution in [0.25, 0.3) is 0 Å². The maximum Gasteiger partial charge on any atom is 0.210 e. The van der Waals surface area contributed by atoms with Gasteiger partial charge in [-0.25, -0.2) is 0 Å². The van der Waals surface area contributed by atoms with Gasteiger partial charge in [-0.15, -0.1) is 0 Å². The monoisotopic (exact) mass is 175 g/mol. The highest BCUT2D eigenvalue weighted by atomic mass is 16.6. The summed E-state index contributed by atoms with van der Waals surface area (Å²) in [5.74, 6) is 0.888. The van der Waals surface area contributed by atoms with Crippen LogP contribution in [0.1, 0.15) is 0 Å². The molecule has 0 saturated heterocycles. The molecule has 3 nitrogen and oxygen atoms in total. The third-order valence-corrected chi connectivity index (χ3v) is 2.24. The lowest BCUT2D eigenvalue weighted by Gasteiger charge is -2.28. The molecule has 0 unspecified atom stereocenters. The molecule has 13 heavy (non-hydrogen) atoms. The third kappa shape index (κ3) is 0.967. The molecule has 1 N–H and O–H groups in total. The van der Waals surface area contributed by atoms with E-state index in [0.717, 1.165) is 11.4 Å². The summed E-state index contributed by atoms with van der Waals surface area (Å²) in [6, 6.07) is 7.86. The molecular weight excluding hydrogens is 166 g/mol. The summed E-state index contributed by atoms with van der Waals surface area (Å²) in [4.78, 5) is 0. The molecule has 0 radical (unpaired) electrons. The molecule has 2 heterocycles. The highest BCUT2D eigenvalue weighted by molar-refractivity contribution is 5.58. The molecule has 0 bridgehead atoms. The Balaban J connectivity index is 2.00. The Bertz CT molecular complexity index is 362. The van der Waals surface area contributed by atoms with Gasteiger partial charge in [0, 0.05) is 0 Å². The molecule has 2 atom stereocenters. The van der Waals surface area contributed by atoms with Crippen LogP contribution in [0.4, 0.5) is 5.69 Å². The molecule has 2 aliphatic heterocycles. The predicted molar refractivity (Wildman–Crippen MR) is 48.5 cm³/mol. The van der Waals surface area contributed by atoms with E-state index in [-0.39, 0.29) is 12.3 Å². The van der Waals surface area contributed by atoms with Crippen LogP contribution in [0.5, 0.6) is 5.75 Å². The van der Waals surface area contributed by atoms with E-state index in [1.807, 2.05) is 30.3 Å². The van der Waals surface area contributed by atoms with Crippen LogP contribution in [-0.4, -0.2) is 12.3 Å². The first-order valence-corrected chi connectivity index (χ1v) is 4.28. The minimum Gasteiger partial charge on any atom is -0.478 e. The molecule has 1 aromatic carbocycles. The molecule has 3 rings (SSSR count). The Kier molecular flexibility index (Phi) is 1.27. The van der Waals surface area contributed by atoms with Gasteiger partial charge in [0.2, 0.25) is 6.23 Å². The fourth-order valence-electron chi connectivity index (χ4n) is 1.59. The molecule has 66 valence electrons. The maximum absolute atomic E-state index is 5.68. The number of para-hydroxylation sites is 2. The van der Waals surface area contributed by atoms with Crippen molar-refractivity contribution < 1.29 is 9.47 Å². The predicted octanol–water partition coefficient (Wildman–Crippen LogP) is 1.73. The summed E-state index contributed by atoms with van der Waals surface area (Å²) in [6.45, 7) is 0. The third-order valence-electron chi connectivity index (χ3n) is 2.24. The lowest BCUT2D eigenvalue weighted by molar-refractivity contribution is 0.0879. The molecule has 1 aromatic rings. The van der Waals surface area contributed by atoms with Crippen molar-refractivity contribution in [2.24, 2.45) is 0 Å². The van der Waals surface area contributed by atoms with E-state index < -0.39 is 0 Å². The second-order valence-electron chi connectivity index (χ2n) is 3.11. The highest BCUT2D eigenvalue weighted by Gasteiger charge is 2.31. The number of rotatable bonds is 0. The van der Waals surface area contributed by atoms with Crippen molar-refractivity contribution in [1.82, 2.24) is 0 Å². The largest absolute Gasteiger partial charge is 0.478 e. The Morgan fingerprint density at radius 1 is 1.23 bits per heavy atom. The van der Waals surface area contributed by atoms with Crippen molar-refractivity contribution in [2.45, 2.75) is 12.3 Å². The van der Waals surface area contributed by atoms with Crippen LogP contribution >= 0.6 is 0 Å². The van der Waals surface area contributed by atoms with Crippen molar-refractivity contribution >= 4 is 5.69 Å². The molecule has 0 aromatic heterocycles. The molecule has 0 amide bonds. The Labute approximate surface area is 76.0 Å². The Morgan fingerprint density at radius 2 is 2.15 bits per heavy atom. The van der Waals surface area contributed by atoms with Gasteiger partial charge < -0.3 is 14.8 Å². The van der Waals surface area contributed by atoms with E-state index in [1.54, 1.807) is 6.26 Å². The average molecular weight is 175 g/mol. The standard InChI is InChI=1S/C10H9NO2/c1-2-4-8-7(3-1)11-10-9(13-8)5-6-12-10/h1-6,9-11H/t9-,10+/m1/s1. The van der Waals surface area contributed by atoms with Crippen molar-refractivity contribution in [3.05, 3.63) is 36.6 Å². The SMILES string of the molecule is C1=C[C@H]2Oc3ccccc3N[C@H]2O1. The number of ether oxygens (including phenoxy) is 2. The summed E-state index contributed by atoms with van der Waals surface area (Å²) in [6.07, 6.45) is 3.53. The molecule has 0 aliphatic carbocycles. The van der Waals surface area contributed by atoms with Crippen molar-refractivity contribution in [2.75, 3.05) is 5.32 Å². The van der Waals surface area contributed by atoms with Gasteiger partial charge in [0.25, 0.3) is 0 Å². The van der Waals surface area contributed by atoms with Crippen LogP contribution in [0.15, 0.2) is 36.6 Å². The van der Waals surface area contributed by atoms with Crippen LogP contribution in [0.2, 0.25) is 0 Å². The minimum absolute atomic E-state index is 0.00917. The smallest absolute Gasteiger partial charge is 0.210 e. The molecule has 0 fully saturated rings. The van der Waals surface area contributed by atoms with E-state index in [2.05, 4.69) is 5.32 Å². The summed E-state index contributed by atoms with van der Waals surface area (Å²) >= 11 is 0. The molecule has 0 saturated carbocycles. The highest BCUT2D eigenvalue weighted by Crippen LogP contribution is 2.33. The van der Waals surface area contributed by atoms with Gasteiger partial charge in [0.1, 0.15) is 5.75 Å². The molecule has 2 aliphatic rings. The van der Waals surface area contributed by atoms with Gasteiger partial charge in [0.05, 0.1) is 11.9 Å². The summed E-state index contributed by atoms with van der Waals surface area (Å²) in [5, 5.41) is 3.25. The second kappa shape index (κ2) is 2.42. The number of fused-ring (bicyclic) bond motifs is 2. The first-order valence-electron chi connectivity index (χ1n) is 4.28. The van der Waals surface area contributed by atoms with Gasteiger partial charge in [-0.05, 0) is 18.2 Å². The van der Waals surface area contributed by atoms with Crippen molar-refractivity contribution in [1.29, 1.82) is 0 Å². The van der Waals surface area contributed by atoms with Crippen molar-refractivity contribution in [3.8, 4) is 5.75 Å². The summed E-state index contributed by atoms with van der Waals surface area (Å²) < 4.78 is 11.0. The van der Waals surface area contributed by atoms with E-state index in [4.69, 9.17) is 9.47 Å². The van der Waals surface area contributed by atoms with Gasteiger partial charge in [-0.2, -0.15) is 0 Å². The number of nitrogens with one attached hydrogen (secondary N) is 1. The second-order valence-corrected chi connectivity index (χ2v) is 3.11. The van der Waals surface area contributed by atoms with E-state index in [1.165, 1.54) is 0 Å². The normalized spacial score (nSPS) is 28.0. The zero-order chi connectivity index (χ0) is 8.67. The fourth-order valence-corrected chi connectivity index (χ4v) is 1.59. The number of hydrogen-bond acceptors (Lipinski definition) is 3. The summed E-state index contributed by atoms with van der Waals surface area (Å²) in [5.41, 5.74) is 0.993. The van der Waals surface area contributed by atoms with Gasteiger partial charge in [-0.3, -0.25) is 0 Å². The van der Waals surface area contributed by atoms with E-state index in [9.17, 15) is 0 Å². The molecular formula is C10H9NO2. The number of benzene rings is 1. The lowest BCUT2D eigenvalue weighted by Crippen LogP contribution is -2.38. The fraction of sp³-hybridized carbons (Fsp3) is 0.200. The Hall–Kier alpha value is -1.64. The minimum atomic E-state index is -0.0603. The number of anilines is 1. The maximum atomic E-state index is 5.68. The first kappa shape index (κ1) is 6.83. The number of hydrogen-bond donors (Lipinski definition) is 1. The lowest BCUT2D eigenvalue weighted by atomic mass is 10.2. The quantitative estimate of drug-likeness (QED) is 0.651. The average Bonchev–Trinajstić information content (AvgIpc) is 2.61. The van der Waals surface area contributed by atoms with Crippen LogP contribution in [-0.2, 0) is 4.74 Å². The van der Waals surface area contributed by atoms with Crippen LogP contribution < -0.4 is 10.1 Å². The van der Waals surface area contributed by atoms with Gasteiger partial charge in [-0.1, -0.05) is 12.1 Å². The Morgan fingerprint density at radius 3 is 3.15 bits per heavy atom. The van der Waals surface area contributed by atoms with Crippen LogP contribution in [0.3, 0.4) is 0 Å². The zero-order valence-corrected chi connectivity index (χ0v) is 6.94. The van der Waals surface area contributed by atoms with Gasteiger partial charge in [0.15, 0.2) is 6.10 Å². The van der Waals surface area contributed by atoms with E-state index in [0.29, 0.717) is 0 Å². The van der Waals surface area contributed by atoms with Gasteiger partial charge >= 0.3 is 0 Å². The summed E-state index contributed by atoms with van der Waals surface area (Å²) in [7, 11) is 0.